The van der Waals surface area contributed by atoms with E-state index in [-0.39, 0.29) is 12.5 Å². The lowest BCUT2D eigenvalue weighted by atomic mass is 10.3. The average Bonchev–Trinajstić information content (AvgIpc) is 2.64. The van der Waals surface area contributed by atoms with Gasteiger partial charge in [-0.3, -0.25) is 9.69 Å². The number of nitrogens with zero attached hydrogens (tertiary/aromatic N) is 1. The predicted molar refractivity (Wildman–Crippen MR) is 96.1 cm³/mol. The van der Waals surface area contributed by atoms with Crippen LogP contribution >= 0.6 is 0 Å². The molecule has 0 atom stereocenters. The molecule has 1 fully saturated rings. The van der Waals surface area contributed by atoms with Gasteiger partial charge in [0.1, 0.15) is 12.4 Å². The van der Waals surface area contributed by atoms with Crippen molar-refractivity contribution >= 4 is 17.8 Å². The lowest BCUT2D eigenvalue weighted by molar-refractivity contribution is -0.140. The van der Waals surface area contributed by atoms with Crippen LogP contribution in [0.15, 0.2) is 36.3 Å². The Morgan fingerprint density at radius 2 is 1.85 bits per heavy atom. The Labute approximate surface area is 158 Å². The maximum absolute atomic E-state index is 11.6. The van der Waals surface area contributed by atoms with E-state index in [9.17, 15) is 14.4 Å². The minimum atomic E-state index is -0.710. The molecule has 0 aromatic carbocycles. The average molecular weight is 379 g/mol. The first-order valence-electron chi connectivity index (χ1n) is 8.82. The van der Waals surface area contributed by atoms with Crippen molar-refractivity contribution < 1.29 is 28.6 Å². The van der Waals surface area contributed by atoms with Gasteiger partial charge in [0.15, 0.2) is 0 Å². The smallest absolute Gasteiger partial charge is 0.331 e. The second-order valence-electron chi connectivity index (χ2n) is 6.03. The van der Waals surface area contributed by atoms with Gasteiger partial charge in [0.2, 0.25) is 0 Å². The van der Waals surface area contributed by atoms with Gasteiger partial charge >= 0.3 is 11.9 Å². The van der Waals surface area contributed by atoms with Crippen LogP contribution in [0.5, 0.6) is 0 Å². The van der Waals surface area contributed by atoms with Crippen LogP contribution < -0.4 is 10.6 Å². The van der Waals surface area contributed by atoms with Gasteiger partial charge in [-0.15, -0.1) is 0 Å². The lowest BCUT2D eigenvalue weighted by Gasteiger charge is -2.26. The number of carbonyl (C=O) groups is 3. The molecule has 2 aliphatic rings. The van der Waals surface area contributed by atoms with Crippen molar-refractivity contribution in [3.8, 4) is 0 Å². The number of hydrogen-bond acceptors (Lipinski definition) is 8. The zero-order valence-corrected chi connectivity index (χ0v) is 15.2. The monoisotopic (exact) mass is 379 g/mol. The number of morpholine rings is 1. The summed E-state index contributed by atoms with van der Waals surface area (Å²) in [5.74, 6) is -1.35. The Morgan fingerprint density at radius 1 is 1.15 bits per heavy atom. The molecule has 0 aromatic heterocycles. The second kappa shape index (κ2) is 11.1. The van der Waals surface area contributed by atoms with Crippen molar-refractivity contribution in [2.75, 3.05) is 46.1 Å². The molecule has 0 unspecified atom stereocenters. The summed E-state index contributed by atoms with van der Waals surface area (Å²) in [5.41, 5.74) is 0.397. The molecule has 2 aliphatic heterocycles. The third-order valence-electron chi connectivity index (χ3n) is 3.83. The summed E-state index contributed by atoms with van der Waals surface area (Å²) < 4.78 is 15.3. The zero-order chi connectivity index (χ0) is 19.5. The van der Waals surface area contributed by atoms with E-state index in [4.69, 9.17) is 14.2 Å². The molecule has 9 nitrogen and oxygen atoms in total. The summed E-state index contributed by atoms with van der Waals surface area (Å²) in [6.45, 7) is 8.11. The molecular weight excluding hydrogens is 354 g/mol. The van der Waals surface area contributed by atoms with Crippen molar-refractivity contribution in [2.24, 2.45) is 0 Å². The number of ether oxygens (including phenoxy) is 3. The Balaban J connectivity index is 1.55. The van der Waals surface area contributed by atoms with Gasteiger partial charge in [-0.1, -0.05) is 6.58 Å². The zero-order valence-electron chi connectivity index (χ0n) is 15.2. The molecule has 1 amide bonds. The molecule has 0 spiro atoms. The van der Waals surface area contributed by atoms with Crippen molar-refractivity contribution in [1.29, 1.82) is 0 Å². The molecule has 0 radical (unpaired) electrons. The number of esters is 2. The van der Waals surface area contributed by atoms with Gasteiger partial charge in [0, 0.05) is 31.3 Å². The Bertz CT molecular complexity index is 623. The molecular formula is C18H25N3O6. The van der Waals surface area contributed by atoms with Crippen LogP contribution in [0, 0.1) is 0 Å². The first kappa shape index (κ1) is 20.7. The summed E-state index contributed by atoms with van der Waals surface area (Å²) >= 11 is 0. The third kappa shape index (κ3) is 8.52. The van der Waals surface area contributed by atoms with E-state index >= 15 is 0 Å². The number of carbonyl (C=O) groups excluding carboxylic acids is 3. The van der Waals surface area contributed by atoms with Gasteiger partial charge in [-0.05, 0) is 19.4 Å². The predicted octanol–water partition coefficient (Wildman–Crippen LogP) is -0.184. The molecule has 9 heteroatoms. The quantitative estimate of drug-likeness (QED) is 0.323. The lowest BCUT2D eigenvalue weighted by Crippen LogP contribution is -2.36. The van der Waals surface area contributed by atoms with Gasteiger partial charge in [-0.2, -0.15) is 0 Å². The molecule has 2 N–H and O–H groups in total. The Morgan fingerprint density at radius 3 is 2.56 bits per heavy atom. The SMILES string of the molecule is C=C1NC(=O)C=C(COC(=O)/C=C/C(=O)OCCCCN2CCOCC2)N1. The summed E-state index contributed by atoms with van der Waals surface area (Å²) in [7, 11) is 0. The van der Waals surface area contributed by atoms with Crippen molar-refractivity contribution in [1.82, 2.24) is 15.5 Å². The molecule has 27 heavy (non-hydrogen) atoms. The van der Waals surface area contributed by atoms with Crippen LogP contribution in [0.3, 0.4) is 0 Å². The van der Waals surface area contributed by atoms with Crippen molar-refractivity contribution in [3.63, 3.8) is 0 Å². The molecule has 0 aliphatic carbocycles. The molecule has 0 aromatic rings. The van der Waals surface area contributed by atoms with E-state index in [1.54, 1.807) is 0 Å². The fourth-order valence-corrected chi connectivity index (χ4v) is 2.50. The number of nitrogens with one attached hydrogen (secondary N) is 2. The van der Waals surface area contributed by atoms with Crippen LogP contribution in [0.2, 0.25) is 0 Å². The van der Waals surface area contributed by atoms with Crippen LogP contribution in [0.1, 0.15) is 12.8 Å². The normalized spacial score (nSPS) is 17.9. The van der Waals surface area contributed by atoms with E-state index in [0.717, 1.165) is 57.8 Å². The molecule has 0 bridgehead atoms. The summed E-state index contributed by atoms with van der Waals surface area (Å²) in [4.78, 5) is 36.8. The highest BCUT2D eigenvalue weighted by molar-refractivity contribution is 5.92. The first-order valence-corrected chi connectivity index (χ1v) is 8.82. The van der Waals surface area contributed by atoms with Crippen LogP contribution in [0.25, 0.3) is 0 Å². The topological polar surface area (TPSA) is 106 Å². The minimum Gasteiger partial charge on any atom is -0.463 e. The maximum atomic E-state index is 11.6. The van der Waals surface area contributed by atoms with E-state index in [0.29, 0.717) is 18.1 Å². The fraction of sp³-hybridized carbons (Fsp3) is 0.500. The fourth-order valence-electron chi connectivity index (χ4n) is 2.50. The molecule has 2 heterocycles. The van der Waals surface area contributed by atoms with Crippen LogP contribution in [-0.4, -0.2) is 68.8 Å². The van der Waals surface area contributed by atoms with E-state index in [1.165, 1.54) is 6.08 Å². The number of hydrogen-bond donors (Lipinski definition) is 2. The maximum Gasteiger partial charge on any atom is 0.331 e. The number of amides is 1. The third-order valence-corrected chi connectivity index (χ3v) is 3.83. The van der Waals surface area contributed by atoms with Gasteiger partial charge in [0.05, 0.1) is 25.5 Å². The number of rotatable bonds is 9. The molecule has 148 valence electrons. The summed E-state index contributed by atoms with van der Waals surface area (Å²) in [5, 5.41) is 5.20. The Kier molecular flexibility index (Phi) is 8.53. The van der Waals surface area contributed by atoms with Gasteiger partial charge in [0.25, 0.3) is 5.91 Å². The number of unbranched alkanes of at least 4 members (excludes halogenated alkanes) is 1. The van der Waals surface area contributed by atoms with Gasteiger partial charge in [-0.25, -0.2) is 9.59 Å². The van der Waals surface area contributed by atoms with Crippen molar-refractivity contribution in [3.05, 3.63) is 36.3 Å². The Hall–Kier alpha value is -2.65. The largest absolute Gasteiger partial charge is 0.463 e. The molecule has 2 rings (SSSR count). The van der Waals surface area contributed by atoms with Crippen LogP contribution in [0.4, 0.5) is 0 Å². The van der Waals surface area contributed by atoms with Crippen LogP contribution in [-0.2, 0) is 28.6 Å². The van der Waals surface area contributed by atoms with Crippen molar-refractivity contribution in [2.45, 2.75) is 12.8 Å². The van der Waals surface area contributed by atoms with E-state index in [1.807, 2.05) is 0 Å². The highest BCUT2D eigenvalue weighted by Gasteiger charge is 2.12. The molecule has 1 saturated heterocycles. The highest BCUT2D eigenvalue weighted by atomic mass is 16.5. The van der Waals surface area contributed by atoms with E-state index < -0.39 is 11.9 Å². The summed E-state index contributed by atoms with van der Waals surface area (Å²) in [6, 6.07) is 0. The van der Waals surface area contributed by atoms with E-state index in [2.05, 4.69) is 22.1 Å². The minimum absolute atomic E-state index is 0.133. The molecule has 0 saturated carbocycles. The standard InChI is InChI=1S/C18H25N3O6/c1-14-19-15(12-16(22)20-14)13-27-18(24)5-4-17(23)26-9-3-2-6-21-7-10-25-11-8-21/h4-5,12,19H,1-3,6-11,13H2,(H,20,22)/b5-4+. The first-order chi connectivity index (χ1) is 13.0. The summed E-state index contributed by atoms with van der Waals surface area (Å²) in [6.07, 6.45) is 4.97. The van der Waals surface area contributed by atoms with Gasteiger partial charge < -0.3 is 24.8 Å². The highest BCUT2D eigenvalue weighted by Crippen LogP contribution is 2.02. The second-order valence-corrected chi connectivity index (χ2v) is 6.03.